The summed E-state index contributed by atoms with van der Waals surface area (Å²) in [5, 5.41) is 3.45. The van der Waals surface area contributed by atoms with Gasteiger partial charge in [0.25, 0.3) is 0 Å². The molecule has 2 aliphatic rings. The quantitative estimate of drug-likeness (QED) is 0.774. The van der Waals surface area contributed by atoms with Crippen LogP contribution < -0.4 is 5.32 Å². The first-order valence-corrected chi connectivity index (χ1v) is 6.99. The Kier molecular flexibility index (Phi) is 3.91. The SMILES string of the molecule is CC(C)(C)C1CCN(CC2CCNCC2)C1. The summed E-state index contributed by atoms with van der Waals surface area (Å²) < 4.78 is 0. The topological polar surface area (TPSA) is 15.3 Å². The minimum absolute atomic E-state index is 0.503. The van der Waals surface area contributed by atoms with Crippen LogP contribution in [0.25, 0.3) is 0 Å². The number of nitrogens with zero attached hydrogens (tertiary/aromatic N) is 1. The molecule has 2 saturated heterocycles. The lowest BCUT2D eigenvalue weighted by molar-refractivity contribution is 0.201. The van der Waals surface area contributed by atoms with Gasteiger partial charge in [-0.3, -0.25) is 0 Å². The highest BCUT2D eigenvalue weighted by Crippen LogP contribution is 2.34. The van der Waals surface area contributed by atoms with E-state index < -0.39 is 0 Å². The predicted molar refractivity (Wildman–Crippen MR) is 69.6 cm³/mol. The van der Waals surface area contributed by atoms with Gasteiger partial charge in [0, 0.05) is 13.1 Å². The van der Waals surface area contributed by atoms with Crippen molar-refractivity contribution < 1.29 is 0 Å². The fourth-order valence-electron chi connectivity index (χ4n) is 3.13. The van der Waals surface area contributed by atoms with Crippen molar-refractivity contribution in [1.82, 2.24) is 10.2 Å². The fraction of sp³-hybridized carbons (Fsp3) is 1.00. The van der Waals surface area contributed by atoms with Gasteiger partial charge in [-0.2, -0.15) is 0 Å². The van der Waals surface area contributed by atoms with E-state index in [9.17, 15) is 0 Å². The van der Waals surface area contributed by atoms with Crippen LogP contribution >= 0.6 is 0 Å². The Morgan fingerprint density at radius 3 is 2.38 bits per heavy atom. The molecule has 1 unspecified atom stereocenters. The van der Waals surface area contributed by atoms with Gasteiger partial charge < -0.3 is 10.2 Å². The lowest BCUT2D eigenvalue weighted by atomic mass is 9.80. The minimum atomic E-state index is 0.503. The molecule has 0 aromatic heterocycles. The number of likely N-dealkylation sites (tertiary alicyclic amines) is 1. The van der Waals surface area contributed by atoms with E-state index >= 15 is 0 Å². The third-order valence-corrected chi connectivity index (χ3v) is 4.47. The summed E-state index contributed by atoms with van der Waals surface area (Å²) >= 11 is 0. The largest absolute Gasteiger partial charge is 0.317 e. The Morgan fingerprint density at radius 2 is 1.81 bits per heavy atom. The van der Waals surface area contributed by atoms with E-state index in [0.29, 0.717) is 5.41 Å². The van der Waals surface area contributed by atoms with Crippen molar-refractivity contribution in [2.45, 2.75) is 40.0 Å². The molecule has 0 aromatic rings. The van der Waals surface area contributed by atoms with Crippen LogP contribution in [0.4, 0.5) is 0 Å². The molecule has 2 heterocycles. The molecule has 2 fully saturated rings. The van der Waals surface area contributed by atoms with Crippen molar-refractivity contribution in [3.63, 3.8) is 0 Å². The number of rotatable bonds is 2. The zero-order valence-electron chi connectivity index (χ0n) is 11.3. The Morgan fingerprint density at radius 1 is 1.12 bits per heavy atom. The highest BCUT2D eigenvalue weighted by molar-refractivity contribution is 4.85. The molecule has 94 valence electrons. The predicted octanol–water partition coefficient (Wildman–Crippen LogP) is 2.35. The van der Waals surface area contributed by atoms with Crippen LogP contribution in [0.1, 0.15) is 40.0 Å². The van der Waals surface area contributed by atoms with Gasteiger partial charge in [-0.25, -0.2) is 0 Å². The summed E-state index contributed by atoms with van der Waals surface area (Å²) in [7, 11) is 0. The number of piperidine rings is 1. The van der Waals surface area contributed by atoms with Gasteiger partial charge in [-0.1, -0.05) is 20.8 Å². The molecule has 1 atom stereocenters. The van der Waals surface area contributed by atoms with E-state index in [-0.39, 0.29) is 0 Å². The average Bonchev–Trinajstić information content (AvgIpc) is 2.67. The Hall–Kier alpha value is -0.0800. The molecule has 16 heavy (non-hydrogen) atoms. The molecule has 0 bridgehead atoms. The zero-order valence-corrected chi connectivity index (χ0v) is 11.3. The second-order valence-electron chi connectivity index (χ2n) is 6.80. The molecule has 0 aromatic carbocycles. The van der Waals surface area contributed by atoms with Crippen LogP contribution in [0.2, 0.25) is 0 Å². The van der Waals surface area contributed by atoms with Crippen LogP contribution in [0, 0.1) is 17.3 Å². The van der Waals surface area contributed by atoms with Crippen LogP contribution in [0.3, 0.4) is 0 Å². The van der Waals surface area contributed by atoms with Crippen LogP contribution in [-0.4, -0.2) is 37.6 Å². The molecule has 0 radical (unpaired) electrons. The average molecular weight is 224 g/mol. The summed E-state index contributed by atoms with van der Waals surface area (Å²) in [5.74, 6) is 1.87. The van der Waals surface area contributed by atoms with Gasteiger partial charge in [0.1, 0.15) is 0 Å². The van der Waals surface area contributed by atoms with E-state index in [1.807, 2.05) is 0 Å². The monoisotopic (exact) mass is 224 g/mol. The van der Waals surface area contributed by atoms with Crippen molar-refractivity contribution in [2.24, 2.45) is 17.3 Å². The first-order valence-electron chi connectivity index (χ1n) is 6.99. The summed E-state index contributed by atoms with van der Waals surface area (Å²) in [6.45, 7) is 13.7. The van der Waals surface area contributed by atoms with Crippen molar-refractivity contribution in [3.8, 4) is 0 Å². The number of hydrogen-bond donors (Lipinski definition) is 1. The highest BCUT2D eigenvalue weighted by Gasteiger charge is 2.32. The molecule has 0 saturated carbocycles. The van der Waals surface area contributed by atoms with Gasteiger partial charge in [-0.15, -0.1) is 0 Å². The second kappa shape index (κ2) is 5.05. The molecular formula is C14H28N2. The third kappa shape index (κ3) is 3.21. The Balaban J connectivity index is 1.76. The van der Waals surface area contributed by atoms with E-state index in [2.05, 4.69) is 31.0 Å². The molecule has 0 spiro atoms. The fourth-order valence-corrected chi connectivity index (χ4v) is 3.13. The maximum Gasteiger partial charge on any atom is 0.00153 e. The van der Waals surface area contributed by atoms with Crippen LogP contribution in [0.5, 0.6) is 0 Å². The second-order valence-corrected chi connectivity index (χ2v) is 6.80. The van der Waals surface area contributed by atoms with Crippen LogP contribution in [-0.2, 0) is 0 Å². The summed E-state index contributed by atoms with van der Waals surface area (Å²) in [6, 6.07) is 0. The van der Waals surface area contributed by atoms with Crippen LogP contribution in [0.15, 0.2) is 0 Å². The Labute approximate surface area is 101 Å². The maximum absolute atomic E-state index is 3.45. The van der Waals surface area contributed by atoms with E-state index in [0.717, 1.165) is 11.8 Å². The minimum Gasteiger partial charge on any atom is -0.317 e. The first-order chi connectivity index (χ1) is 7.55. The lowest BCUT2D eigenvalue weighted by Crippen LogP contribution is -2.36. The van der Waals surface area contributed by atoms with Gasteiger partial charge in [-0.05, 0) is 56.1 Å². The first kappa shape index (κ1) is 12.4. The van der Waals surface area contributed by atoms with Gasteiger partial charge in [0.2, 0.25) is 0 Å². The van der Waals surface area contributed by atoms with E-state index in [1.165, 1.54) is 52.0 Å². The highest BCUT2D eigenvalue weighted by atomic mass is 15.1. The van der Waals surface area contributed by atoms with E-state index in [4.69, 9.17) is 0 Å². The molecular weight excluding hydrogens is 196 g/mol. The molecule has 2 heteroatoms. The summed E-state index contributed by atoms with van der Waals surface area (Å²) in [6.07, 6.45) is 4.18. The van der Waals surface area contributed by atoms with Gasteiger partial charge in [0.05, 0.1) is 0 Å². The maximum atomic E-state index is 3.45. The van der Waals surface area contributed by atoms with Crippen molar-refractivity contribution in [2.75, 3.05) is 32.7 Å². The standard InChI is InChI=1S/C14H28N2/c1-14(2,3)13-6-9-16(11-13)10-12-4-7-15-8-5-12/h12-13,15H,4-11H2,1-3H3. The normalized spacial score (nSPS) is 29.8. The smallest absolute Gasteiger partial charge is 0.00153 e. The van der Waals surface area contributed by atoms with Crippen molar-refractivity contribution >= 4 is 0 Å². The molecule has 0 amide bonds. The summed E-state index contributed by atoms with van der Waals surface area (Å²) in [5.41, 5.74) is 0.503. The summed E-state index contributed by atoms with van der Waals surface area (Å²) in [4.78, 5) is 2.71. The molecule has 2 rings (SSSR count). The third-order valence-electron chi connectivity index (χ3n) is 4.47. The number of nitrogens with one attached hydrogen (secondary N) is 1. The van der Waals surface area contributed by atoms with Crippen molar-refractivity contribution in [3.05, 3.63) is 0 Å². The molecule has 0 aliphatic carbocycles. The molecule has 2 nitrogen and oxygen atoms in total. The van der Waals surface area contributed by atoms with Gasteiger partial charge >= 0.3 is 0 Å². The Bertz CT molecular complexity index is 213. The number of hydrogen-bond acceptors (Lipinski definition) is 2. The zero-order chi connectivity index (χ0) is 11.6. The van der Waals surface area contributed by atoms with E-state index in [1.54, 1.807) is 0 Å². The van der Waals surface area contributed by atoms with Crippen molar-refractivity contribution in [1.29, 1.82) is 0 Å². The molecule has 1 N–H and O–H groups in total. The molecule has 2 aliphatic heterocycles. The van der Waals surface area contributed by atoms with Gasteiger partial charge in [0.15, 0.2) is 0 Å². The lowest BCUT2D eigenvalue weighted by Gasteiger charge is -2.29.